The number of amides is 1. The molecule has 0 aromatic carbocycles. The van der Waals surface area contributed by atoms with E-state index in [-0.39, 0.29) is 19.5 Å². The molecule has 18 heavy (non-hydrogen) atoms. The minimum atomic E-state index is -3.02. The van der Waals surface area contributed by atoms with Crippen LogP contribution in [-0.4, -0.2) is 42.2 Å². The van der Waals surface area contributed by atoms with Crippen molar-refractivity contribution >= 4 is 6.09 Å². The van der Waals surface area contributed by atoms with Crippen LogP contribution >= 0.6 is 0 Å². The van der Waals surface area contributed by atoms with Crippen LogP contribution in [0, 0.1) is 5.92 Å². The predicted molar refractivity (Wildman–Crippen MR) is 61.0 cm³/mol. The van der Waals surface area contributed by atoms with Gasteiger partial charge in [-0.3, -0.25) is 4.84 Å². The van der Waals surface area contributed by atoms with E-state index in [9.17, 15) is 13.6 Å². The molecule has 0 saturated carbocycles. The maximum absolute atomic E-state index is 13.5. The van der Waals surface area contributed by atoms with Crippen LogP contribution in [0.1, 0.15) is 27.2 Å². The third-order valence-corrected chi connectivity index (χ3v) is 2.71. The number of nitrogens with two attached hydrogens (primary N) is 1. The van der Waals surface area contributed by atoms with Gasteiger partial charge >= 0.3 is 6.09 Å². The number of carbonyl (C=O) groups excluding carboxylic acids is 1. The molecule has 5 nitrogen and oxygen atoms in total. The van der Waals surface area contributed by atoms with Gasteiger partial charge in [0.05, 0.1) is 0 Å². The fourth-order valence-corrected chi connectivity index (χ4v) is 1.83. The summed E-state index contributed by atoms with van der Waals surface area (Å²) in [5.41, 5.74) is -0.627. The van der Waals surface area contributed by atoms with Crippen LogP contribution in [0.4, 0.5) is 13.6 Å². The number of hydrogen-bond donors (Lipinski definition) is 1. The first kappa shape index (κ1) is 15.1. The Balaban J connectivity index is 2.53. The van der Waals surface area contributed by atoms with E-state index in [0.29, 0.717) is 0 Å². The van der Waals surface area contributed by atoms with Gasteiger partial charge in [0.15, 0.2) is 0 Å². The van der Waals surface area contributed by atoms with Gasteiger partial charge in [-0.05, 0) is 27.2 Å². The third kappa shape index (κ3) is 4.06. The van der Waals surface area contributed by atoms with E-state index in [1.54, 1.807) is 20.8 Å². The minimum Gasteiger partial charge on any atom is -0.444 e. The van der Waals surface area contributed by atoms with Crippen molar-refractivity contribution < 1.29 is 23.1 Å². The molecule has 1 heterocycles. The standard InChI is InChI=1S/C11H20F2N2O3/c1-10(2,3)18-9(16)15-5-4-8(6-15)11(12,13)7-17-14/h8H,4-7,14H2,1-3H3. The fourth-order valence-electron chi connectivity index (χ4n) is 1.83. The van der Waals surface area contributed by atoms with Gasteiger partial charge in [-0.15, -0.1) is 0 Å². The molecule has 1 saturated heterocycles. The van der Waals surface area contributed by atoms with Crippen LogP contribution in [0.5, 0.6) is 0 Å². The molecule has 106 valence electrons. The lowest BCUT2D eigenvalue weighted by Gasteiger charge is -2.25. The van der Waals surface area contributed by atoms with E-state index in [2.05, 4.69) is 10.7 Å². The molecule has 1 unspecified atom stereocenters. The second-order valence-electron chi connectivity index (χ2n) is 5.48. The zero-order valence-corrected chi connectivity index (χ0v) is 10.9. The topological polar surface area (TPSA) is 64.8 Å². The Morgan fingerprint density at radius 2 is 2.06 bits per heavy atom. The van der Waals surface area contributed by atoms with E-state index in [0.717, 1.165) is 0 Å². The lowest BCUT2D eigenvalue weighted by Crippen LogP contribution is -2.39. The molecule has 0 aliphatic carbocycles. The van der Waals surface area contributed by atoms with Crippen LogP contribution in [0.3, 0.4) is 0 Å². The summed E-state index contributed by atoms with van der Waals surface area (Å²) in [4.78, 5) is 17.0. The van der Waals surface area contributed by atoms with Gasteiger partial charge in [0.25, 0.3) is 5.92 Å². The quantitative estimate of drug-likeness (QED) is 0.791. The number of alkyl halides is 2. The molecule has 0 aromatic rings. The van der Waals surface area contributed by atoms with Crippen LogP contribution in [-0.2, 0) is 9.57 Å². The number of likely N-dealkylation sites (tertiary alicyclic amines) is 1. The molecular weight excluding hydrogens is 246 g/mol. The average molecular weight is 266 g/mol. The zero-order valence-electron chi connectivity index (χ0n) is 10.9. The Morgan fingerprint density at radius 3 is 2.56 bits per heavy atom. The van der Waals surface area contributed by atoms with Crippen molar-refractivity contribution in [1.82, 2.24) is 4.90 Å². The maximum atomic E-state index is 13.5. The minimum absolute atomic E-state index is 0.0364. The lowest BCUT2D eigenvalue weighted by atomic mass is 10.0. The van der Waals surface area contributed by atoms with Crippen molar-refractivity contribution in [2.45, 2.75) is 38.7 Å². The third-order valence-electron chi connectivity index (χ3n) is 2.71. The van der Waals surface area contributed by atoms with Crippen molar-refractivity contribution in [1.29, 1.82) is 0 Å². The summed E-state index contributed by atoms with van der Waals surface area (Å²) < 4.78 is 32.2. The number of rotatable bonds is 3. The van der Waals surface area contributed by atoms with Crippen molar-refractivity contribution in [2.75, 3.05) is 19.7 Å². The molecule has 2 N–H and O–H groups in total. The second-order valence-corrected chi connectivity index (χ2v) is 5.48. The van der Waals surface area contributed by atoms with E-state index < -0.39 is 30.1 Å². The predicted octanol–water partition coefficient (Wildman–Crippen LogP) is 1.77. The molecule has 1 aliphatic heterocycles. The van der Waals surface area contributed by atoms with Gasteiger partial charge in [-0.25, -0.2) is 19.5 Å². The Labute approximate surface area is 105 Å². The molecule has 1 atom stereocenters. The second kappa shape index (κ2) is 5.36. The first-order valence-electron chi connectivity index (χ1n) is 5.83. The average Bonchev–Trinajstić information content (AvgIpc) is 2.63. The summed E-state index contributed by atoms with van der Waals surface area (Å²) in [5, 5.41) is 0. The van der Waals surface area contributed by atoms with Crippen molar-refractivity contribution in [3.05, 3.63) is 0 Å². The van der Waals surface area contributed by atoms with Crippen LogP contribution < -0.4 is 5.90 Å². The van der Waals surface area contributed by atoms with Crippen LogP contribution in [0.15, 0.2) is 0 Å². The summed E-state index contributed by atoms with van der Waals surface area (Å²) in [6.45, 7) is 4.59. The Hall–Kier alpha value is -0.950. The first-order chi connectivity index (χ1) is 8.15. The summed E-state index contributed by atoms with van der Waals surface area (Å²) in [5.74, 6) is 0.716. The van der Waals surface area contributed by atoms with Crippen molar-refractivity contribution in [3.63, 3.8) is 0 Å². The number of halogens is 2. The number of ether oxygens (including phenoxy) is 1. The molecule has 7 heteroatoms. The van der Waals surface area contributed by atoms with Crippen molar-refractivity contribution in [3.8, 4) is 0 Å². The molecule has 0 spiro atoms. The van der Waals surface area contributed by atoms with Gasteiger partial charge in [0, 0.05) is 19.0 Å². The number of nitrogens with zero attached hydrogens (tertiary/aromatic N) is 1. The highest BCUT2D eigenvalue weighted by Crippen LogP contribution is 2.33. The van der Waals surface area contributed by atoms with E-state index in [4.69, 9.17) is 4.74 Å². The highest BCUT2D eigenvalue weighted by atomic mass is 19.3. The number of carbonyl (C=O) groups is 1. The maximum Gasteiger partial charge on any atom is 0.410 e. The Kier molecular flexibility index (Phi) is 4.50. The molecule has 0 bridgehead atoms. The largest absolute Gasteiger partial charge is 0.444 e. The smallest absolute Gasteiger partial charge is 0.410 e. The first-order valence-corrected chi connectivity index (χ1v) is 5.83. The summed E-state index contributed by atoms with van der Waals surface area (Å²) in [6, 6.07) is 0. The van der Waals surface area contributed by atoms with Crippen LogP contribution in [0.2, 0.25) is 0 Å². The van der Waals surface area contributed by atoms with Gasteiger partial charge in [-0.2, -0.15) is 0 Å². The lowest BCUT2D eigenvalue weighted by molar-refractivity contribution is -0.115. The monoisotopic (exact) mass is 266 g/mol. The van der Waals surface area contributed by atoms with E-state index in [1.807, 2.05) is 0 Å². The fraction of sp³-hybridized carbons (Fsp3) is 0.909. The Bertz CT molecular complexity index is 305. The van der Waals surface area contributed by atoms with Gasteiger partial charge in [0.2, 0.25) is 0 Å². The van der Waals surface area contributed by atoms with Gasteiger partial charge < -0.3 is 9.64 Å². The number of hydrogen-bond acceptors (Lipinski definition) is 4. The van der Waals surface area contributed by atoms with Crippen molar-refractivity contribution in [2.24, 2.45) is 11.8 Å². The summed E-state index contributed by atoms with van der Waals surface area (Å²) in [6.07, 6.45) is -0.343. The molecule has 0 radical (unpaired) electrons. The molecule has 1 aliphatic rings. The molecule has 1 fully saturated rings. The Morgan fingerprint density at radius 1 is 1.44 bits per heavy atom. The summed E-state index contributed by atoms with van der Waals surface area (Å²) in [7, 11) is 0. The summed E-state index contributed by atoms with van der Waals surface area (Å²) >= 11 is 0. The normalized spacial score (nSPS) is 21.2. The molecular formula is C11H20F2N2O3. The van der Waals surface area contributed by atoms with Gasteiger partial charge in [0.1, 0.15) is 12.2 Å². The molecule has 1 rings (SSSR count). The van der Waals surface area contributed by atoms with E-state index in [1.165, 1.54) is 4.90 Å². The molecule has 1 amide bonds. The highest BCUT2D eigenvalue weighted by Gasteiger charge is 2.45. The van der Waals surface area contributed by atoms with Crippen LogP contribution in [0.25, 0.3) is 0 Å². The van der Waals surface area contributed by atoms with Gasteiger partial charge in [-0.1, -0.05) is 0 Å². The molecule has 0 aromatic heterocycles. The van der Waals surface area contributed by atoms with E-state index >= 15 is 0 Å². The zero-order chi connectivity index (χ0) is 14.0. The highest BCUT2D eigenvalue weighted by molar-refractivity contribution is 5.68. The SMILES string of the molecule is CC(C)(C)OC(=O)N1CCC(C(F)(F)CON)C1.